The summed E-state index contributed by atoms with van der Waals surface area (Å²) in [6.45, 7) is 2.68. The largest absolute Gasteiger partial charge is 0.442 e. The van der Waals surface area contributed by atoms with E-state index < -0.39 is 6.06 Å². The molecule has 0 amide bonds. The summed E-state index contributed by atoms with van der Waals surface area (Å²) in [6.07, 6.45) is 0. The standard InChI is InChI=1S/C9H13IO2Si/c1-3-12-13(10,11-2)9-7-5-4-6-8-9/h4-8H,3H2,1-2H3. The van der Waals surface area contributed by atoms with Gasteiger partial charge in [-0.15, -0.1) is 0 Å². The Hall–Kier alpha value is 0.0869. The van der Waals surface area contributed by atoms with Gasteiger partial charge in [0, 0.05) is 18.9 Å². The molecule has 0 bridgehead atoms. The van der Waals surface area contributed by atoms with E-state index in [1.165, 1.54) is 5.19 Å². The molecule has 0 aliphatic carbocycles. The average molecular weight is 308 g/mol. The van der Waals surface area contributed by atoms with Gasteiger partial charge in [-0.2, -0.15) is 0 Å². The third-order valence-electron chi connectivity index (χ3n) is 1.71. The molecule has 1 atom stereocenters. The smallest absolute Gasteiger partial charge is 0.387 e. The molecule has 0 radical (unpaired) electrons. The SMILES string of the molecule is CCO[Si](I)(OC)c1ccccc1. The maximum Gasteiger partial charge on any atom is 0.442 e. The Bertz CT molecular complexity index is 255. The van der Waals surface area contributed by atoms with E-state index in [0.29, 0.717) is 6.61 Å². The summed E-state index contributed by atoms with van der Waals surface area (Å²) in [5.41, 5.74) is 0. The van der Waals surface area contributed by atoms with Gasteiger partial charge in [0.15, 0.2) is 0 Å². The lowest BCUT2D eigenvalue weighted by Gasteiger charge is -2.22. The predicted molar refractivity (Wildman–Crippen MR) is 64.5 cm³/mol. The van der Waals surface area contributed by atoms with E-state index >= 15 is 0 Å². The lowest BCUT2D eigenvalue weighted by Crippen LogP contribution is -2.47. The van der Waals surface area contributed by atoms with Crippen LogP contribution >= 0.6 is 21.8 Å². The molecule has 0 fully saturated rings. The molecule has 0 saturated heterocycles. The molecule has 0 aromatic heterocycles. The van der Waals surface area contributed by atoms with E-state index in [-0.39, 0.29) is 0 Å². The van der Waals surface area contributed by atoms with E-state index in [1.54, 1.807) is 7.11 Å². The summed E-state index contributed by atoms with van der Waals surface area (Å²) in [5.74, 6) is 0. The fourth-order valence-electron chi connectivity index (χ4n) is 1.08. The van der Waals surface area contributed by atoms with Crippen LogP contribution < -0.4 is 5.19 Å². The zero-order valence-corrected chi connectivity index (χ0v) is 10.9. The third kappa shape index (κ3) is 2.77. The second-order valence-electron chi connectivity index (χ2n) is 2.54. The zero-order chi connectivity index (χ0) is 9.73. The van der Waals surface area contributed by atoms with E-state index in [9.17, 15) is 0 Å². The van der Waals surface area contributed by atoms with Crippen molar-refractivity contribution in [1.29, 1.82) is 0 Å². The Morgan fingerprint density at radius 3 is 2.38 bits per heavy atom. The molecule has 0 N–H and O–H groups in total. The highest BCUT2D eigenvalue weighted by Crippen LogP contribution is 2.15. The minimum absolute atomic E-state index is 0.692. The van der Waals surface area contributed by atoms with Crippen molar-refractivity contribution in [2.45, 2.75) is 6.92 Å². The van der Waals surface area contributed by atoms with Crippen LogP contribution in [0.1, 0.15) is 6.92 Å². The summed E-state index contributed by atoms with van der Waals surface area (Å²) in [4.78, 5) is 0. The van der Waals surface area contributed by atoms with Crippen molar-refractivity contribution in [3.8, 4) is 0 Å². The van der Waals surface area contributed by atoms with Gasteiger partial charge in [-0.25, -0.2) is 0 Å². The van der Waals surface area contributed by atoms with E-state index in [4.69, 9.17) is 8.85 Å². The zero-order valence-electron chi connectivity index (χ0n) is 7.79. The minimum atomic E-state index is -2.13. The van der Waals surface area contributed by atoms with Gasteiger partial charge in [0.25, 0.3) is 0 Å². The van der Waals surface area contributed by atoms with Crippen molar-refractivity contribution in [3.05, 3.63) is 30.3 Å². The molecule has 1 rings (SSSR count). The lowest BCUT2D eigenvalue weighted by molar-refractivity contribution is 0.249. The number of hydrogen-bond acceptors (Lipinski definition) is 2. The summed E-state index contributed by atoms with van der Waals surface area (Å²) >= 11 is 2.30. The van der Waals surface area contributed by atoms with Gasteiger partial charge in [0.1, 0.15) is 0 Å². The van der Waals surface area contributed by atoms with Crippen molar-refractivity contribution >= 4 is 33.0 Å². The first-order chi connectivity index (χ1) is 6.23. The fraction of sp³-hybridized carbons (Fsp3) is 0.333. The second kappa shape index (κ2) is 5.09. The Morgan fingerprint density at radius 1 is 1.31 bits per heavy atom. The number of hydrogen-bond donors (Lipinski definition) is 0. The molecular formula is C9H13IO2Si. The van der Waals surface area contributed by atoms with Gasteiger partial charge >= 0.3 is 6.06 Å². The summed E-state index contributed by atoms with van der Waals surface area (Å²) < 4.78 is 11.1. The number of benzene rings is 1. The molecule has 0 aliphatic rings. The van der Waals surface area contributed by atoms with Crippen molar-refractivity contribution in [3.63, 3.8) is 0 Å². The van der Waals surface area contributed by atoms with Crippen LogP contribution in [0.15, 0.2) is 30.3 Å². The van der Waals surface area contributed by atoms with Crippen LogP contribution in [0.5, 0.6) is 0 Å². The highest BCUT2D eigenvalue weighted by atomic mass is 127. The van der Waals surface area contributed by atoms with Crippen molar-refractivity contribution in [2.24, 2.45) is 0 Å². The number of halogens is 1. The van der Waals surface area contributed by atoms with Gasteiger partial charge in [0.2, 0.25) is 0 Å². The molecule has 4 heteroatoms. The van der Waals surface area contributed by atoms with Crippen LogP contribution in [0.3, 0.4) is 0 Å². The van der Waals surface area contributed by atoms with Gasteiger partial charge in [-0.1, -0.05) is 30.3 Å². The first-order valence-corrected chi connectivity index (χ1v) is 9.09. The third-order valence-corrected chi connectivity index (χ3v) is 8.04. The molecule has 2 nitrogen and oxygen atoms in total. The Labute approximate surface area is 92.7 Å². The summed E-state index contributed by atoms with van der Waals surface area (Å²) in [7, 11) is 1.71. The van der Waals surface area contributed by atoms with Crippen molar-refractivity contribution in [1.82, 2.24) is 0 Å². The van der Waals surface area contributed by atoms with Crippen molar-refractivity contribution in [2.75, 3.05) is 13.7 Å². The van der Waals surface area contributed by atoms with Gasteiger partial charge < -0.3 is 8.85 Å². The van der Waals surface area contributed by atoms with Gasteiger partial charge in [-0.3, -0.25) is 0 Å². The second-order valence-corrected chi connectivity index (χ2v) is 9.15. The van der Waals surface area contributed by atoms with Crippen LogP contribution in [0, 0.1) is 0 Å². The molecule has 1 unspecified atom stereocenters. The normalized spacial score (nSPS) is 15.3. The monoisotopic (exact) mass is 308 g/mol. The molecule has 0 heterocycles. The quantitative estimate of drug-likeness (QED) is 0.481. The first kappa shape index (κ1) is 11.2. The fourth-order valence-corrected chi connectivity index (χ4v) is 4.58. The Kier molecular flexibility index (Phi) is 4.37. The van der Waals surface area contributed by atoms with Gasteiger partial charge in [-0.05, 0) is 28.7 Å². The molecule has 1 aromatic rings. The molecule has 0 spiro atoms. The first-order valence-electron chi connectivity index (χ1n) is 4.16. The highest BCUT2D eigenvalue weighted by Gasteiger charge is 2.35. The molecular weight excluding hydrogens is 295 g/mol. The van der Waals surface area contributed by atoms with Crippen LogP contribution in [-0.2, 0) is 8.85 Å². The average Bonchev–Trinajstić information content (AvgIpc) is 2.19. The molecule has 1 aromatic carbocycles. The van der Waals surface area contributed by atoms with E-state index in [1.807, 2.05) is 25.1 Å². The lowest BCUT2D eigenvalue weighted by atomic mass is 10.4. The van der Waals surface area contributed by atoms with Crippen LogP contribution in [-0.4, -0.2) is 19.8 Å². The molecule has 0 aliphatic heterocycles. The van der Waals surface area contributed by atoms with Gasteiger partial charge in [0.05, 0.1) is 0 Å². The molecule has 13 heavy (non-hydrogen) atoms. The Balaban J connectivity index is 2.89. The Morgan fingerprint density at radius 2 is 1.92 bits per heavy atom. The minimum Gasteiger partial charge on any atom is -0.387 e. The molecule has 0 saturated carbocycles. The van der Waals surface area contributed by atoms with Crippen LogP contribution in [0.2, 0.25) is 0 Å². The van der Waals surface area contributed by atoms with E-state index in [0.717, 1.165) is 0 Å². The summed E-state index contributed by atoms with van der Waals surface area (Å²) in [6, 6.07) is 7.99. The van der Waals surface area contributed by atoms with Crippen molar-refractivity contribution < 1.29 is 8.85 Å². The maximum atomic E-state index is 5.67. The number of rotatable bonds is 4. The topological polar surface area (TPSA) is 18.5 Å². The molecule has 72 valence electrons. The van der Waals surface area contributed by atoms with E-state index in [2.05, 4.69) is 33.9 Å². The van der Waals surface area contributed by atoms with Crippen LogP contribution in [0.4, 0.5) is 0 Å². The summed E-state index contributed by atoms with van der Waals surface area (Å²) in [5, 5.41) is 1.17. The predicted octanol–water partition coefficient (Wildman–Crippen LogP) is 1.95. The maximum absolute atomic E-state index is 5.67. The highest BCUT2D eigenvalue weighted by molar-refractivity contribution is 14.1. The van der Waals surface area contributed by atoms with Crippen LogP contribution in [0.25, 0.3) is 0 Å².